The lowest BCUT2D eigenvalue weighted by Crippen LogP contribution is -2.26. The zero-order chi connectivity index (χ0) is 17.1. The van der Waals surface area contributed by atoms with Crippen molar-refractivity contribution in [3.05, 3.63) is 34.9 Å². The fraction of sp³-hybridized carbons (Fsp3) is 0.696. The number of rotatable bonds is 7. The minimum Gasteiger partial charge on any atom is -0.299 e. The van der Waals surface area contributed by atoms with Gasteiger partial charge in [0.2, 0.25) is 0 Å². The van der Waals surface area contributed by atoms with Gasteiger partial charge in [-0.2, -0.15) is 0 Å². The third-order valence-electron chi connectivity index (χ3n) is 6.70. The first-order chi connectivity index (χ1) is 11.6. The lowest BCUT2D eigenvalue weighted by atomic mass is 9.72. The number of carbonyl (C=O) groups is 1. The summed E-state index contributed by atoms with van der Waals surface area (Å²) >= 11 is 0. The van der Waals surface area contributed by atoms with Gasteiger partial charge in [0, 0.05) is 12.3 Å². The Labute approximate surface area is 148 Å². The van der Waals surface area contributed by atoms with Gasteiger partial charge in [-0.1, -0.05) is 64.2 Å². The van der Waals surface area contributed by atoms with Crippen LogP contribution in [-0.2, 0) is 17.6 Å². The lowest BCUT2D eigenvalue weighted by Gasteiger charge is -2.31. The molecule has 0 saturated heterocycles. The van der Waals surface area contributed by atoms with Crippen LogP contribution in [-0.4, -0.2) is 5.78 Å². The molecule has 0 amide bonds. The van der Waals surface area contributed by atoms with Gasteiger partial charge < -0.3 is 0 Å². The summed E-state index contributed by atoms with van der Waals surface area (Å²) in [6.07, 6.45) is 10.8. The van der Waals surface area contributed by atoms with E-state index in [4.69, 9.17) is 0 Å². The van der Waals surface area contributed by atoms with Gasteiger partial charge in [-0.05, 0) is 60.6 Å². The Balaban J connectivity index is 1.60. The average molecular weight is 327 g/mol. The lowest BCUT2D eigenvalue weighted by molar-refractivity contribution is -0.121. The standard InChI is InChI=1S/C23H34O/c1-4-5-6-8-16(2)11-12-20-22-13-18-10-7-9-17(3)21(18)14-19(22)15-23(20)24/h7,9-10,16,19-20,22H,4-6,8,11-15H2,1-3H3/t16-,19-,20?,22-/m0/s1. The number of hydrogen-bond acceptors (Lipinski definition) is 1. The molecule has 1 saturated carbocycles. The molecule has 0 N–H and O–H groups in total. The third-order valence-corrected chi connectivity index (χ3v) is 6.70. The highest BCUT2D eigenvalue weighted by Crippen LogP contribution is 2.45. The maximum atomic E-state index is 12.6. The number of Topliss-reactive ketones (excluding diaryl/α,β-unsaturated/α-hetero) is 1. The molecule has 0 bridgehead atoms. The van der Waals surface area contributed by atoms with Crippen molar-refractivity contribution in [2.75, 3.05) is 0 Å². The van der Waals surface area contributed by atoms with Gasteiger partial charge in [-0.15, -0.1) is 0 Å². The van der Waals surface area contributed by atoms with Crippen LogP contribution < -0.4 is 0 Å². The second-order valence-corrected chi connectivity index (χ2v) is 8.50. The number of aryl methyl sites for hydroxylation is 1. The van der Waals surface area contributed by atoms with Crippen LogP contribution in [0.4, 0.5) is 0 Å². The van der Waals surface area contributed by atoms with E-state index in [2.05, 4.69) is 39.0 Å². The quantitative estimate of drug-likeness (QED) is 0.569. The van der Waals surface area contributed by atoms with Crippen LogP contribution in [0.5, 0.6) is 0 Å². The summed E-state index contributed by atoms with van der Waals surface area (Å²) in [6.45, 7) is 6.88. The summed E-state index contributed by atoms with van der Waals surface area (Å²) < 4.78 is 0. The van der Waals surface area contributed by atoms with E-state index in [1.165, 1.54) is 43.2 Å². The molecule has 0 spiro atoms. The fourth-order valence-corrected chi connectivity index (χ4v) is 5.15. The third kappa shape index (κ3) is 3.76. The first-order valence-corrected chi connectivity index (χ1v) is 10.2. The summed E-state index contributed by atoms with van der Waals surface area (Å²) in [7, 11) is 0. The Bertz CT molecular complexity index is 573. The van der Waals surface area contributed by atoms with Gasteiger partial charge in [-0.25, -0.2) is 0 Å². The molecule has 4 atom stereocenters. The first-order valence-electron chi connectivity index (χ1n) is 10.2. The van der Waals surface area contributed by atoms with Gasteiger partial charge in [-0.3, -0.25) is 4.79 Å². The molecule has 2 aliphatic rings. The Kier molecular flexibility index (Phi) is 5.79. The molecule has 132 valence electrons. The van der Waals surface area contributed by atoms with Crippen molar-refractivity contribution < 1.29 is 4.79 Å². The number of carbonyl (C=O) groups excluding carboxylic acids is 1. The Morgan fingerprint density at radius 1 is 1.12 bits per heavy atom. The highest BCUT2D eigenvalue weighted by molar-refractivity contribution is 5.84. The molecule has 0 radical (unpaired) electrons. The van der Waals surface area contributed by atoms with E-state index in [9.17, 15) is 4.79 Å². The van der Waals surface area contributed by atoms with Crippen molar-refractivity contribution >= 4 is 5.78 Å². The van der Waals surface area contributed by atoms with Gasteiger partial charge >= 0.3 is 0 Å². The number of hydrogen-bond donors (Lipinski definition) is 0. The number of fused-ring (bicyclic) bond motifs is 2. The summed E-state index contributed by atoms with van der Waals surface area (Å²) in [4.78, 5) is 12.6. The first kappa shape index (κ1) is 17.7. The second kappa shape index (κ2) is 7.85. The van der Waals surface area contributed by atoms with Crippen molar-refractivity contribution in [3.8, 4) is 0 Å². The number of ketones is 1. The molecule has 1 aromatic rings. The minimum atomic E-state index is 0.345. The maximum absolute atomic E-state index is 12.6. The van der Waals surface area contributed by atoms with Crippen molar-refractivity contribution in [3.63, 3.8) is 0 Å². The average Bonchev–Trinajstić information content (AvgIpc) is 2.86. The molecule has 0 heterocycles. The van der Waals surface area contributed by atoms with E-state index < -0.39 is 0 Å². The summed E-state index contributed by atoms with van der Waals surface area (Å²) in [5, 5.41) is 0. The Morgan fingerprint density at radius 3 is 2.75 bits per heavy atom. The minimum absolute atomic E-state index is 0.345. The fourth-order valence-electron chi connectivity index (χ4n) is 5.15. The SMILES string of the molecule is CCCCC[C@H](C)CCC1C(=O)C[C@@H]2Cc3c(C)cccc3C[C@H]12. The number of unbranched alkanes of at least 4 members (excludes halogenated alkanes) is 2. The highest BCUT2D eigenvalue weighted by Gasteiger charge is 2.44. The molecular formula is C23H34O. The van der Waals surface area contributed by atoms with Gasteiger partial charge in [0.1, 0.15) is 5.78 Å². The molecule has 1 fully saturated rings. The Hall–Kier alpha value is -1.11. The molecule has 0 aliphatic heterocycles. The van der Waals surface area contributed by atoms with Crippen LogP contribution >= 0.6 is 0 Å². The molecule has 2 aliphatic carbocycles. The molecule has 1 unspecified atom stereocenters. The van der Waals surface area contributed by atoms with Crippen LogP contribution in [0.25, 0.3) is 0 Å². The topological polar surface area (TPSA) is 17.1 Å². The number of benzene rings is 1. The summed E-state index contributed by atoms with van der Waals surface area (Å²) in [5.74, 6) is 2.93. The zero-order valence-electron chi connectivity index (χ0n) is 15.8. The van der Waals surface area contributed by atoms with Crippen molar-refractivity contribution in [1.29, 1.82) is 0 Å². The van der Waals surface area contributed by atoms with E-state index in [1.807, 2.05) is 0 Å². The smallest absolute Gasteiger partial charge is 0.136 e. The van der Waals surface area contributed by atoms with Gasteiger partial charge in [0.05, 0.1) is 0 Å². The largest absolute Gasteiger partial charge is 0.299 e. The van der Waals surface area contributed by atoms with Crippen LogP contribution in [0.1, 0.15) is 75.5 Å². The molecule has 1 heteroatoms. The van der Waals surface area contributed by atoms with Crippen molar-refractivity contribution in [2.24, 2.45) is 23.7 Å². The predicted octanol–water partition coefficient (Wildman–Crippen LogP) is 5.91. The summed E-state index contributed by atoms with van der Waals surface area (Å²) in [5.41, 5.74) is 4.48. The summed E-state index contributed by atoms with van der Waals surface area (Å²) in [6, 6.07) is 6.72. The molecular weight excluding hydrogens is 292 g/mol. The normalized spacial score (nSPS) is 27.0. The Morgan fingerprint density at radius 2 is 1.96 bits per heavy atom. The van der Waals surface area contributed by atoms with Crippen LogP contribution in [0.2, 0.25) is 0 Å². The predicted molar refractivity (Wildman–Crippen MR) is 101 cm³/mol. The van der Waals surface area contributed by atoms with Gasteiger partial charge in [0.25, 0.3) is 0 Å². The van der Waals surface area contributed by atoms with Crippen molar-refractivity contribution in [2.45, 2.75) is 78.6 Å². The van der Waals surface area contributed by atoms with E-state index in [-0.39, 0.29) is 0 Å². The van der Waals surface area contributed by atoms with E-state index in [0.717, 1.165) is 31.6 Å². The molecule has 1 nitrogen and oxygen atoms in total. The van der Waals surface area contributed by atoms with Crippen molar-refractivity contribution in [1.82, 2.24) is 0 Å². The van der Waals surface area contributed by atoms with Crippen LogP contribution in [0.15, 0.2) is 18.2 Å². The highest BCUT2D eigenvalue weighted by atomic mass is 16.1. The molecule has 0 aromatic heterocycles. The molecule has 1 aromatic carbocycles. The van der Waals surface area contributed by atoms with Crippen LogP contribution in [0, 0.1) is 30.6 Å². The van der Waals surface area contributed by atoms with E-state index in [1.54, 1.807) is 5.56 Å². The molecule has 3 rings (SSSR count). The van der Waals surface area contributed by atoms with Crippen LogP contribution in [0.3, 0.4) is 0 Å². The van der Waals surface area contributed by atoms with E-state index in [0.29, 0.717) is 23.5 Å². The zero-order valence-corrected chi connectivity index (χ0v) is 15.8. The maximum Gasteiger partial charge on any atom is 0.136 e. The monoisotopic (exact) mass is 326 g/mol. The second-order valence-electron chi connectivity index (χ2n) is 8.50. The van der Waals surface area contributed by atoms with E-state index >= 15 is 0 Å². The van der Waals surface area contributed by atoms with Gasteiger partial charge in [0.15, 0.2) is 0 Å². The molecule has 24 heavy (non-hydrogen) atoms.